The third-order valence-corrected chi connectivity index (χ3v) is 9.54. The Balaban J connectivity index is 1.43. The standard InChI is InChI=1S/C36H41N3O8/c1-23-31(24-11-5-3-6-12-24)46-35(44)29-27-18-19-36(47-27)30(29)33(42)39(21-9-10-22-40)32(36)34(43)38(20-8-4-7-13-28(41)37-23)25-14-16-26(45-2)17-15-25/h3-6,8,11-12,14-19,23,27,29-32,40H,7,9-10,13,20-22H2,1-2H3,(H,37,41)/b8-4-/t23-,27+,29-,30-,31+,32+,36-/m1/s1. The van der Waals surface area contributed by atoms with Crippen LogP contribution < -0.4 is 15.0 Å². The van der Waals surface area contributed by atoms with Crippen molar-refractivity contribution in [2.45, 2.75) is 62.5 Å². The molecule has 4 aliphatic heterocycles. The maximum Gasteiger partial charge on any atom is 0.313 e. The number of allylic oxidation sites excluding steroid dienone is 1. The number of carbonyl (C=O) groups excluding carboxylic acids is 4. The molecule has 11 heteroatoms. The normalized spacial score (nSPS) is 31.5. The lowest BCUT2D eigenvalue weighted by molar-refractivity contribution is -0.161. The van der Waals surface area contributed by atoms with Gasteiger partial charge in [0.2, 0.25) is 11.8 Å². The number of fused-ring (bicyclic) bond motifs is 2. The fourth-order valence-electron chi connectivity index (χ4n) is 7.30. The summed E-state index contributed by atoms with van der Waals surface area (Å²) in [5, 5.41) is 12.5. The molecule has 3 amide bonds. The first-order valence-corrected chi connectivity index (χ1v) is 16.2. The summed E-state index contributed by atoms with van der Waals surface area (Å²) in [4.78, 5) is 59.4. The van der Waals surface area contributed by atoms with E-state index in [2.05, 4.69) is 5.32 Å². The van der Waals surface area contributed by atoms with Crippen LogP contribution in [0.25, 0.3) is 0 Å². The summed E-state index contributed by atoms with van der Waals surface area (Å²) in [5.41, 5.74) is -0.0928. The molecule has 4 aliphatic rings. The molecule has 2 saturated heterocycles. The molecule has 1 spiro atoms. The quantitative estimate of drug-likeness (QED) is 0.267. The Hall–Kier alpha value is -4.48. The smallest absolute Gasteiger partial charge is 0.313 e. The Labute approximate surface area is 274 Å². The lowest BCUT2D eigenvalue weighted by atomic mass is 9.74. The van der Waals surface area contributed by atoms with Crippen molar-refractivity contribution in [3.63, 3.8) is 0 Å². The van der Waals surface area contributed by atoms with Gasteiger partial charge in [-0.25, -0.2) is 0 Å². The average molecular weight is 644 g/mol. The molecule has 4 heterocycles. The van der Waals surface area contributed by atoms with Crippen molar-refractivity contribution in [2.24, 2.45) is 11.8 Å². The van der Waals surface area contributed by atoms with E-state index < -0.39 is 47.7 Å². The van der Waals surface area contributed by atoms with Crippen molar-refractivity contribution in [3.8, 4) is 5.75 Å². The van der Waals surface area contributed by atoms with Crippen LogP contribution in [0.15, 0.2) is 78.9 Å². The molecule has 11 nitrogen and oxygen atoms in total. The van der Waals surface area contributed by atoms with Gasteiger partial charge < -0.3 is 34.4 Å². The minimum Gasteiger partial charge on any atom is -0.497 e. The molecule has 5 bridgehead atoms. The van der Waals surface area contributed by atoms with Crippen molar-refractivity contribution in [2.75, 3.05) is 31.7 Å². The third kappa shape index (κ3) is 6.05. The van der Waals surface area contributed by atoms with E-state index in [0.717, 1.165) is 0 Å². The highest BCUT2D eigenvalue weighted by Crippen LogP contribution is 2.56. The van der Waals surface area contributed by atoms with Gasteiger partial charge in [0.05, 0.1) is 25.2 Å². The number of cyclic esters (lactones) is 1. The minimum absolute atomic E-state index is 0.0546. The highest BCUT2D eigenvalue weighted by molar-refractivity contribution is 6.05. The van der Waals surface area contributed by atoms with Crippen molar-refractivity contribution in [3.05, 3.63) is 84.5 Å². The maximum absolute atomic E-state index is 14.8. The molecule has 0 radical (unpaired) electrons. The van der Waals surface area contributed by atoms with Crippen molar-refractivity contribution in [1.29, 1.82) is 0 Å². The van der Waals surface area contributed by atoms with Crippen LogP contribution in [-0.4, -0.2) is 84.3 Å². The van der Waals surface area contributed by atoms with E-state index in [4.69, 9.17) is 14.2 Å². The lowest BCUT2D eigenvalue weighted by Gasteiger charge is -2.36. The second-order valence-electron chi connectivity index (χ2n) is 12.4. The zero-order valence-electron chi connectivity index (χ0n) is 26.6. The summed E-state index contributed by atoms with van der Waals surface area (Å²) in [5.74, 6) is -2.92. The van der Waals surface area contributed by atoms with Gasteiger partial charge in [-0.2, -0.15) is 0 Å². The number of unbranched alkanes of at least 4 members (excludes halogenated alkanes) is 1. The first kappa shape index (κ1) is 32.5. The van der Waals surface area contributed by atoms with Gasteiger partial charge in [-0.05, 0) is 56.0 Å². The summed E-state index contributed by atoms with van der Waals surface area (Å²) >= 11 is 0. The predicted molar refractivity (Wildman–Crippen MR) is 172 cm³/mol. The van der Waals surface area contributed by atoms with Gasteiger partial charge in [0.1, 0.15) is 29.4 Å². The Morgan fingerprint density at radius 2 is 1.77 bits per heavy atom. The number of ether oxygens (including phenoxy) is 3. The van der Waals surface area contributed by atoms with Gasteiger partial charge in [0, 0.05) is 31.8 Å². The zero-order chi connectivity index (χ0) is 33.1. The van der Waals surface area contributed by atoms with Crippen LogP contribution >= 0.6 is 0 Å². The number of benzene rings is 2. The van der Waals surface area contributed by atoms with E-state index in [1.807, 2.05) is 42.5 Å². The maximum atomic E-state index is 14.8. The first-order chi connectivity index (χ1) is 22.8. The van der Waals surface area contributed by atoms with Crippen molar-refractivity contribution >= 4 is 29.4 Å². The monoisotopic (exact) mass is 643 g/mol. The summed E-state index contributed by atoms with van der Waals surface area (Å²) in [7, 11) is 1.56. The molecule has 0 aliphatic carbocycles. The number of hydrogen-bond donors (Lipinski definition) is 2. The van der Waals surface area contributed by atoms with Gasteiger partial charge >= 0.3 is 5.97 Å². The molecule has 2 aromatic rings. The molecule has 0 unspecified atom stereocenters. The molecular weight excluding hydrogens is 602 g/mol. The number of methoxy groups -OCH3 is 1. The molecule has 6 rings (SSSR count). The number of carbonyl (C=O) groups is 4. The van der Waals surface area contributed by atoms with Crippen LogP contribution in [0.3, 0.4) is 0 Å². The molecule has 2 fully saturated rings. The second-order valence-corrected chi connectivity index (χ2v) is 12.4. The molecule has 2 aromatic carbocycles. The van der Waals surface area contributed by atoms with Crippen LogP contribution in [0.2, 0.25) is 0 Å². The minimum atomic E-state index is -1.38. The first-order valence-electron chi connectivity index (χ1n) is 16.2. The highest BCUT2D eigenvalue weighted by atomic mass is 16.6. The van der Waals surface area contributed by atoms with Crippen LogP contribution in [0.4, 0.5) is 5.69 Å². The Kier molecular flexibility index (Phi) is 9.47. The molecule has 0 saturated carbocycles. The Morgan fingerprint density at radius 1 is 1.00 bits per heavy atom. The summed E-state index contributed by atoms with van der Waals surface area (Å²) in [6, 6.07) is 14.6. The number of nitrogens with zero attached hydrogens (tertiary/aromatic N) is 2. The number of rotatable bonds is 7. The highest BCUT2D eigenvalue weighted by Gasteiger charge is 2.73. The number of aliphatic hydroxyl groups excluding tert-OH is 1. The predicted octanol–water partition coefficient (Wildman–Crippen LogP) is 3.09. The number of anilines is 1. The van der Waals surface area contributed by atoms with E-state index in [9.17, 15) is 24.3 Å². The third-order valence-electron chi connectivity index (χ3n) is 9.54. The van der Waals surface area contributed by atoms with Gasteiger partial charge in [-0.1, -0.05) is 54.6 Å². The lowest BCUT2D eigenvalue weighted by Crippen LogP contribution is -2.56. The topological polar surface area (TPSA) is 135 Å². The Bertz CT molecular complexity index is 1540. The molecule has 2 N–H and O–H groups in total. The number of aliphatic hydroxyl groups is 1. The van der Waals surface area contributed by atoms with Gasteiger partial charge in [0.25, 0.3) is 5.91 Å². The van der Waals surface area contributed by atoms with Gasteiger partial charge in [0.15, 0.2) is 0 Å². The fourth-order valence-corrected chi connectivity index (χ4v) is 7.30. The van der Waals surface area contributed by atoms with Crippen molar-refractivity contribution < 1.29 is 38.5 Å². The van der Waals surface area contributed by atoms with Crippen LogP contribution in [0.1, 0.15) is 44.3 Å². The SMILES string of the molecule is COc1ccc(N2C/C=C\CCC(=O)N[C@H](C)[C@@H](c3ccccc3)OC(=O)[C@@H]3[C@@H]4C=C[C@]5(O4)[C@H](C2=O)N(CCCCO)C(=O)[C@@H]35)cc1. The van der Waals surface area contributed by atoms with Crippen LogP contribution in [0.5, 0.6) is 5.75 Å². The zero-order valence-corrected chi connectivity index (χ0v) is 26.6. The second kappa shape index (κ2) is 13.7. The number of nitrogens with one attached hydrogen (secondary N) is 1. The van der Waals surface area contributed by atoms with E-state index in [1.165, 1.54) is 4.90 Å². The number of esters is 1. The number of likely N-dealkylation sites (tertiary alicyclic amines) is 1. The fraction of sp³-hybridized carbons (Fsp3) is 0.444. The molecule has 0 aromatic heterocycles. The van der Waals surface area contributed by atoms with Gasteiger partial charge in [-0.15, -0.1) is 0 Å². The molecule has 7 atom stereocenters. The van der Waals surface area contributed by atoms with E-state index in [1.54, 1.807) is 55.4 Å². The van der Waals surface area contributed by atoms with Crippen LogP contribution in [0, 0.1) is 11.8 Å². The summed E-state index contributed by atoms with van der Waals surface area (Å²) < 4.78 is 18.0. The van der Waals surface area contributed by atoms with E-state index in [-0.39, 0.29) is 43.8 Å². The summed E-state index contributed by atoms with van der Waals surface area (Å²) in [6.07, 6.45) is 7.17. The van der Waals surface area contributed by atoms with E-state index in [0.29, 0.717) is 36.3 Å². The molecule has 248 valence electrons. The number of hydrogen-bond acceptors (Lipinski definition) is 8. The number of amides is 3. The molecule has 47 heavy (non-hydrogen) atoms. The van der Waals surface area contributed by atoms with E-state index >= 15 is 0 Å². The average Bonchev–Trinajstić information content (AvgIpc) is 3.72. The largest absolute Gasteiger partial charge is 0.497 e. The van der Waals surface area contributed by atoms with Crippen LogP contribution in [-0.2, 0) is 28.7 Å². The van der Waals surface area contributed by atoms with Gasteiger partial charge in [-0.3, -0.25) is 19.2 Å². The molecular formula is C36H41N3O8. The van der Waals surface area contributed by atoms with Crippen molar-refractivity contribution in [1.82, 2.24) is 10.2 Å². The summed E-state index contributed by atoms with van der Waals surface area (Å²) in [6.45, 7) is 2.12. The Morgan fingerprint density at radius 3 is 2.49 bits per heavy atom.